The minimum atomic E-state index is -0.471. The fraction of sp³-hybridized carbons (Fsp3) is 0.636. The molecule has 4 rings (SSSR count). The molecule has 6 heteroatoms. The summed E-state index contributed by atoms with van der Waals surface area (Å²) in [4.78, 5) is 27.1. The fourth-order valence-corrected chi connectivity index (χ4v) is 4.72. The van der Waals surface area contributed by atoms with Crippen LogP contribution in [0, 0.1) is 5.41 Å². The Morgan fingerprint density at radius 3 is 2.54 bits per heavy atom. The second kappa shape index (κ2) is 7.74. The Morgan fingerprint density at radius 1 is 1.18 bits per heavy atom. The number of amides is 1. The fourth-order valence-electron chi connectivity index (χ4n) is 4.72. The van der Waals surface area contributed by atoms with Gasteiger partial charge in [0.1, 0.15) is 12.2 Å². The number of nitrogens with one attached hydrogen (secondary N) is 1. The highest BCUT2D eigenvalue weighted by Crippen LogP contribution is 2.41. The van der Waals surface area contributed by atoms with Crippen LogP contribution in [0.2, 0.25) is 0 Å². The van der Waals surface area contributed by atoms with Crippen molar-refractivity contribution in [3.8, 4) is 0 Å². The van der Waals surface area contributed by atoms with Crippen LogP contribution in [0.25, 0.3) is 0 Å². The van der Waals surface area contributed by atoms with Crippen LogP contribution in [0.15, 0.2) is 30.3 Å². The zero-order chi connectivity index (χ0) is 19.6. The van der Waals surface area contributed by atoms with E-state index in [2.05, 4.69) is 5.32 Å². The zero-order valence-corrected chi connectivity index (χ0v) is 16.6. The Kier molecular flexibility index (Phi) is 5.32. The highest BCUT2D eigenvalue weighted by Gasteiger charge is 2.49. The molecule has 1 spiro atoms. The van der Waals surface area contributed by atoms with Gasteiger partial charge in [-0.25, -0.2) is 4.79 Å². The van der Waals surface area contributed by atoms with Crippen LogP contribution in [0.3, 0.4) is 0 Å². The van der Waals surface area contributed by atoms with Crippen LogP contribution in [-0.4, -0.2) is 48.2 Å². The average Bonchev–Trinajstić information content (AvgIpc) is 3.03. The van der Waals surface area contributed by atoms with Crippen LogP contribution >= 0.6 is 0 Å². The third-order valence-corrected chi connectivity index (χ3v) is 6.72. The first-order valence-electron chi connectivity index (χ1n) is 10.4. The second-order valence-electron chi connectivity index (χ2n) is 8.78. The molecule has 2 aliphatic heterocycles. The summed E-state index contributed by atoms with van der Waals surface area (Å²) in [6.07, 6.45) is 4.70. The Morgan fingerprint density at radius 2 is 1.86 bits per heavy atom. The molecule has 0 atom stereocenters. The summed E-state index contributed by atoms with van der Waals surface area (Å²) in [5.41, 5.74) is 0.221. The molecule has 2 saturated heterocycles. The van der Waals surface area contributed by atoms with E-state index in [-0.39, 0.29) is 23.7 Å². The van der Waals surface area contributed by atoms with E-state index in [9.17, 15) is 9.59 Å². The molecule has 3 fully saturated rings. The maximum atomic E-state index is 12.7. The molecule has 1 aromatic carbocycles. The van der Waals surface area contributed by atoms with E-state index in [1.165, 1.54) is 0 Å². The van der Waals surface area contributed by atoms with Gasteiger partial charge in [-0.1, -0.05) is 30.3 Å². The summed E-state index contributed by atoms with van der Waals surface area (Å²) in [6.45, 7) is 4.79. The van der Waals surface area contributed by atoms with Gasteiger partial charge in [0, 0.05) is 18.9 Å². The van der Waals surface area contributed by atoms with Gasteiger partial charge < -0.3 is 19.7 Å². The molecule has 1 aliphatic carbocycles. The predicted octanol–water partition coefficient (Wildman–Crippen LogP) is 3.25. The van der Waals surface area contributed by atoms with Crippen LogP contribution in [0.4, 0.5) is 4.79 Å². The van der Waals surface area contributed by atoms with Gasteiger partial charge in [-0.2, -0.15) is 0 Å². The molecule has 1 saturated carbocycles. The number of nitrogens with zero attached hydrogens (tertiary/aromatic N) is 1. The van der Waals surface area contributed by atoms with Gasteiger partial charge in [0.25, 0.3) is 0 Å². The standard InChI is InChI=1S/C22H30N2O4/c1-21(19(25)27-15-17-5-3-2-4-6-17)9-7-18(8-10-21)24-16-22(28-20(24)26)11-13-23-14-12-22/h2-6,18,23H,7-16H2,1H3. The number of ether oxygens (including phenoxy) is 2. The number of benzene rings is 1. The summed E-state index contributed by atoms with van der Waals surface area (Å²) in [6, 6.07) is 9.92. The monoisotopic (exact) mass is 386 g/mol. The number of hydrogen-bond acceptors (Lipinski definition) is 5. The second-order valence-corrected chi connectivity index (χ2v) is 8.78. The maximum absolute atomic E-state index is 12.7. The molecule has 3 aliphatic rings. The van der Waals surface area contributed by atoms with Crippen molar-refractivity contribution >= 4 is 12.1 Å². The molecule has 0 radical (unpaired) electrons. The zero-order valence-electron chi connectivity index (χ0n) is 16.6. The van der Waals surface area contributed by atoms with E-state index >= 15 is 0 Å². The lowest BCUT2D eigenvalue weighted by molar-refractivity contribution is -0.158. The molecule has 28 heavy (non-hydrogen) atoms. The Labute approximate surface area is 166 Å². The van der Waals surface area contributed by atoms with E-state index < -0.39 is 5.41 Å². The number of carbonyl (C=O) groups excluding carboxylic acids is 2. The number of hydrogen-bond donors (Lipinski definition) is 1. The van der Waals surface area contributed by atoms with Crippen molar-refractivity contribution in [1.82, 2.24) is 10.2 Å². The van der Waals surface area contributed by atoms with Crippen molar-refractivity contribution in [2.45, 2.75) is 63.7 Å². The van der Waals surface area contributed by atoms with Gasteiger partial charge in [-0.05, 0) is 51.3 Å². The van der Waals surface area contributed by atoms with E-state index in [1.54, 1.807) is 0 Å². The molecule has 0 bridgehead atoms. The van der Waals surface area contributed by atoms with Crippen LogP contribution in [0.5, 0.6) is 0 Å². The highest BCUT2D eigenvalue weighted by atomic mass is 16.6. The molecule has 2 heterocycles. The smallest absolute Gasteiger partial charge is 0.410 e. The first-order valence-corrected chi connectivity index (χ1v) is 10.4. The molecule has 1 N–H and O–H groups in total. The van der Waals surface area contributed by atoms with E-state index in [1.807, 2.05) is 42.2 Å². The van der Waals surface area contributed by atoms with Crippen molar-refractivity contribution in [1.29, 1.82) is 0 Å². The maximum Gasteiger partial charge on any atom is 0.410 e. The van der Waals surface area contributed by atoms with Crippen molar-refractivity contribution in [3.05, 3.63) is 35.9 Å². The van der Waals surface area contributed by atoms with Crippen molar-refractivity contribution in [3.63, 3.8) is 0 Å². The first-order chi connectivity index (χ1) is 13.5. The molecular formula is C22H30N2O4. The average molecular weight is 386 g/mol. The molecule has 6 nitrogen and oxygen atoms in total. The summed E-state index contributed by atoms with van der Waals surface area (Å²) >= 11 is 0. The lowest BCUT2D eigenvalue weighted by Crippen LogP contribution is -2.47. The Balaban J connectivity index is 1.31. The third kappa shape index (κ3) is 3.88. The molecule has 0 unspecified atom stereocenters. The number of carbonyl (C=O) groups is 2. The van der Waals surface area contributed by atoms with Crippen molar-refractivity contribution in [2.75, 3.05) is 19.6 Å². The lowest BCUT2D eigenvalue weighted by Gasteiger charge is -2.38. The van der Waals surface area contributed by atoms with E-state index in [0.717, 1.165) is 57.2 Å². The first kappa shape index (κ1) is 19.2. The van der Waals surface area contributed by atoms with Crippen LogP contribution < -0.4 is 5.32 Å². The number of piperidine rings is 1. The summed E-state index contributed by atoms with van der Waals surface area (Å²) in [5, 5.41) is 3.33. The Bertz CT molecular complexity index is 707. The highest BCUT2D eigenvalue weighted by molar-refractivity contribution is 5.76. The molecule has 152 valence electrons. The van der Waals surface area contributed by atoms with Gasteiger partial charge >= 0.3 is 12.1 Å². The van der Waals surface area contributed by atoms with Gasteiger partial charge in [0.2, 0.25) is 0 Å². The molecule has 1 amide bonds. The van der Waals surface area contributed by atoms with Crippen LogP contribution in [-0.2, 0) is 20.9 Å². The van der Waals surface area contributed by atoms with Gasteiger partial charge in [-0.15, -0.1) is 0 Å². The SMILES string of the molecule is CC1(C(=O)OCc2ccccc2)CCC(N2CC3(CCNCC3)OC2=O)CC1. The quantitative estimate of drug-likeness (QED) is 0.805. The topological polar surface area (TPSA) is 67.9 Å². The number of esters is 1. The summed E-state index contributed by atoms with van der Waals surface area (Å²) in [7, 11) is 0. The lowest BCUT2D eigenvalue weighted by atomic mass is 9.73. The van der Waals surface area contributed by atoms with Gasteiger partial charge in [-0.3, -0.25) is 4.79 Å². The minimum absolute atomic E-state index is 0.131. The number of rotatable bonds is 4. The predicted molar refractivity (Wildman–Crippen MR) is 105 cm³/mol. The van der Waals surface area contributed by atoms with Crippen molar-refractivity contribution in [2.24, 2.45) is 5.41 Å². The van der Waals surface area contributed by atoms with E-state index in [0.29, 0.717) is 13.2 Å². The Hall–Kier alpha value is -2.08. The van der Waals surface area contributed by atoms with E-state index in [4.69, 9.17) is 9.47 Å². The van der Waals surface area contributed by atoms with Gasteiger partial charge in [0.05, 0.1) is 12.0 Å². The molecule has 0 aromatic heterocycles. The summed E-state index contributed by atoms with van der Waals surface area (Å²) in [5.74, 6) is -0.131. The summed E-state index contributed by atoms with van der Waals surface area (Å²) < 4.78 is 11.4. The van der Waals surface area contributed by atoms with Gasteiger partial charge in [0.15, 0.2) is 0 Å². The normalized spacial score (nSPS) is 29.5. The molecular weight excluding hydrogens is 356 g/mol. The minimum Gasteiger partial charge on any atom is -0.460 e. The largest absolute Gasteiger partial charge is 0.460 e. The third-order valence-electron chi connectivity index (χ3n) is 6.72. The molecule has 1 aromatic rings. The van der Waals surface area contributed by atoms with Crippen LogP contribution in [0.1, 0.15) is 51.0 Å². The van der Waals surface area contributed by atoms with Crippen molar-refractivity contribution < 1.29 is 19.1 Å².